The predicted octanol–water partition coefficient (Wildman–Crippen LogP) is 2.30. The number of imidazole rings is 1. The topological polar surface area (TPSA) is 140 Å². The Morgan fingerprint density at radius 2 is 1.88 bits per heavy atom. The average molecular weight is 584 g/mol. The zero-order chi connectivity index (χ0) is 29.8. The zero-order valence-corrected chi connectivity index (χ0v) is 25.2. The number of aromatic nitrogens is 4. The largest absolute Gasteiger partial charge is 0.444 e. The molecule has 2 aromatic rings. The molecule has 0 bridgehead atoms. The van der Waals surface area contributed by atoms with Gasteiger partial charge >= 0.3 is 6.09 Å². The fraction of sp³-hybridized carbons (Fsp3) is 0.690. The van der Waals surface area contributed by atoms with Gasteiger partial charge in [0.25, 0.3) is 0 Å². The molecule has 3 N–H and O–H groups in total. The Kier molecular flexibility index (Phi) is 9.47. The Labute approximate surface area is 247 Å². The Balaban J connectivity index is 1.16. The first kappa shape index (κ1) is 30.0. The van der Waals surface area contributed by atoms with Gasteiger partial charge in [0, 0.05) is 44.7 Å². The fourth-order valence-electron chi connectivity index (χ4n) is 5.84. The molecular formula is C29H45N9O4. The minimum Gasteiger partial charge on any atom is -0.444 e. The number of piperidine rings is 1. The van der Waals surface area contributed by atoms with Gasteiger partial charge in [-0.25, -0.2) is 14.3 Å². The van der Waals surface area contributed by atoms with Crippen LogP contribution in [-0.4, -0.2) is 122 Å². The SMILES string of the molecule is CC(C)c1cnc2c(NC3CCN(C(=O)O[C@H]4CCN(C(=O)/C=C/CN(C)C)C4)CC3)nc(N[C@H]3CCC[C@H]3O)nn12. The summed E-state index contributed by atoms with van der Waals surface area (Å²) in [5.74, 6) is 1.29. The molecule has 0 spiro atoms. The van der Waals surface area contributed by atoms with Gasteiger partial charge in [-0.3, -0.25) is 4.79 Å². The first-order valence-electron chi connectivity index (χ1n) is 15.2. The summed E-state index contributed by atoms with van der Waals surface area (Å²) in [6.07, 6.45) is 9.02. The molecule has 2 amide bonds. The van der Waals surface area contributed by atoms with E-state index < -0.39 is 6.10 Å². The van der Waals surface area contributed by atoms with Gasteiger partial charge in [0.15, 0.2) is 11.5 Å². The molecule has 1 aliphatic carbocycles. The number of amides is 2. The molecule has 13 heteroatoms. The van der Waals surface area contributed by atoms with Crippen LogP contribution in [0.4, 0.5) is 16.6 Å². The number of carbonyl (C=O) groups is 2. The Morgan fingerprint density at radius 1 is 1.12 bits per heavy atom. The average Bonchev–Trinajstić information content (AvgIpc) is 3.69. The number of hydrogen-bond donors (Lipinski definition) is 3. The van der Waals surface area contributed by atoms with E-state index in [0.717, 1.165) is 37.8 Å². The lowest BCUT2D eigenvalue weighted by atomic mass is 10.1. The smallest absolute Gasteiger partial charge is 0.410 e. The van der Waals surface area contributed by atoms with Gasteiger partial charge in [0.05, 0.1) is 30.6 Å². The van der Waals surface area contributed by atoms with Crippen LogP contribution in [0.3, 0.4) is 0 Å². The molecule has 3 fully saturated rings. The van der Waals surface area contributed by atoms with Crippen molar-refractivity contribution in [1.82, 2.24) is 34.3 Å². The molecule has 1 saturated carbocycles. The number of rotatable bonds is 9. The van der Waals surface area contributed by atoms with E-state index in [4.69, 9.17) is 14.8 Å². The minimum atomic E-state index is -0.408. The first-order valence-corrected chi connectivity index (χ1v) is 15.2. The third kappa shape index (κ3) is 7.12. The second kappa shape index (κ2) is 13.2. The second-order valence-electron chi connectivity index (χ2n) is 12.3. The minimum absolute atomic E-state index is 0.0446. The molecule has 0 unspecified atom stereocenters. The van der Waals surface area contributed by atoms with Gasteiger partial charge in [-0.2, -0.15) is 4.98 Å². The third-order valence-electron chi connectivity index (χ3n) is 8.32. The van der Waals surface area contributed by atoms with Gasteiger partial charge < -0.3 is 35.2 Å². The molecule has 230 valence electrons. The van der Waals surface area contributed by atoms with E-state index in [1.54, 1.807) is 15.9 Å². The predicted molar refractivity (Wildman–Crippen MR) is 160 cm³/mol. The number of likely N-dealkylation sites (N-methyl/N-ethyl adjacent to an activating group) is 1. The molecule has 2 saturated heterocycles. The lowest BCUT2D eigenvalue weighted by molar-refractivity contribution is -0.125. The van der Waals surface area contributed by atoms with E-state index in [1.165, 1.54) is 0 Å². The number of nitrogens with zero attached hydrogens (tertiary/aromatic N) is 7. The van der Waals surface area contributed by atoms with E-state index >= 15 is 0 Å². The highest BCUT2D eigenvalue weighted by molar-refractivity contribution is 5.87. The maximum absolute atomic E-state index is 12.9. The van der Waals surface area contributed by atoms with Crippen molar-refractivity contribution < 1.29 is 19.4 Å². The molecule has 13 nitrogen and oxygen atoms in total. The van der Waals surface area contributed by atoms with Crippen molar-refractivity contribution in [1.29, 1.82) is 0 Å². The molecule has 4 heterocycles. The van der Waals surface area contributed by atoms with Crippen molar-refractivity contribution in [2.45, 2.75) is 82.6 Å². The Hall–Kier alpha value is -3.45. The number of aliphatic hydroxyl groups is 1. The fourth-order valence-corrected chi connectivity index (χ4v) is 5.84. The van der Waals surface area contributed by atoms with Crippen LogP contribution in [0.5, 0.6) is 0 Å². The number of anilines is 2. The standard InChI is InChI=1S/C29H45N9O4/c1-19(2)23-17-30-27-26(33-28(34-38(23)27)32-22-7-5-8-24(22)39)31-20-10-14-36(15-11-20)29(41)42-21-12-16-37(18-21)25(40)9-6-13-35(3)4/h6,9,17,19-22,24,39H,5,7-8,10-16,18H2,1-4H3,(H2,31,32,33,34)/b9-6+/t21-,22-,24+/m0/s1. The van der Waals surface area contributed by atoms with Gasteiger partial charge in [-0.05, 0) is 52.1 Å². The van der Waals surface area contributed by atoms with E-state index in [-0.39, 0.29) is 36.1 Å². The highest BCUT2D eigenvalue weighted by Gasteiger charge is 2.32. The zero-order valence-electron chi connectivity index (χ0n) is 25.2. The van der Waals surface area contributed by atoms with Crippen LogP contribution >= 0.6 is 0 Å². The number of likely N-dealkylation sites (tertiary alicyclic amines) is 2. The summed E-state index contributed by atoms with van der Waals surface area (Å²) in [5.41, 5.74) is 1.65. The van der Waals surface area contributed by atoms with Gasteiger partial charge in [0.2, 0.25) is 11.9 Å². The number of ether oxygens (including phenoxy) is 1. The summed E-state index contributed by atoms with van der Waals surface area (Å²) in [5, 5.41) is 21.9. The summed E-state index contributed by atoms with van der Waals surface area (Å²) < 4.78 is 7.61. The van der Waals surface area contributed by atoms with E-state index in [0.29, 0.717) is 56.6 Å². The number of aliphatic hydroxyl groups excluding tert-OH is 1. The Morgan fingerprint density at radius 3 is 2.57 bits per heavy atom. The summed E-state index contributed by atoms with van der Waals surface area (Å²) in [7, 11) is 3.90. The van der Waals surface area contributed by atoms with Crippen LogP contribution < -0.4 is 10.6 Å². The lowest BCUT2D eigenvalue weighted by Crippen LogP contribution is -2.44. The molecule has 2 aromatic heterocycles. The van der Waals surface area contributed by atoms with Crippen LogP contribution in [0.1, 0.15) is 64.0 Å². The van der Waals surface area contributed by atoms with Gasteiger partial charge in [-0.1, -0.05) is 19.9 Å². The maximum Gasteiger partial charge on any atom is 0.410 e. The number of carbonyl (C=O) groups excluding carboxylic acids is 2. The summed E-state index contributed by atoms with van der Waals surface area (Å²) in [6, 6.07) is 0.0330. The van der Waals surface area contributed by atoms with Crippen molar-refractivity contribution in [3.8, 4) is 0 Å². The molecule has 42 heavy (non-hydrogen) atoms. The molecule has 0 aromatic carbocycles. The maximum atomic E-state index is 12.9. The molecule has 3 aliphatic rings. The highest BCUT2D eigenvalue weighted by atomic mass is 16.6. The Bertz CT molecular complexity index is 1270. The van der Waals surface area contributed by atoms with Crippen molar-refractivity contribution in [3.63, 3.8) is 0 Å². The van der Waals surface area contributed by atoms with Crippen LogP contribution in [-0.2, 0) is 9.53 Å². The van der Waals surface area contributed by atoms with Crippen LogP contribution in [0, 0.1) is 0 Å². The highest BCUT2D eigenvalue weighted by Crippen LogP contribution is 2.26. The van der Waals surface area contributed by atoms with Gasteiger partial charge in [-0.15, -0.1) is 5.10 Å². The summed E-state index contributed by atoms with van der Waals surface area (Å²) in [4.78, 5) is 40.2. The van der Waals surface area contributed by atoms with Crippen LogP contribution in [0.2, 0.25) is 0 Å². The van der Waals surface area contributed by atoms with Crippen molar-refractivity contribution in [2.24, 2.45) is 0 Å². The normalized spacial score (nSPS) is 23.5. The molecular weight excluding hydrogens is 538 g/mol. The van der Waals surface area contributed by atoms with Crippen molar-refractivity contribution in [2.75, 3.05) is 57.5 Å². The third-order valence-corrected chi connectivity index (χ3v) is 8.32. The lowest BCUT2D eigenvalue weighted by Gasteiger charge is -2.32. The van der Waals surface area contributed by atoms with Crippen LogP contribution in [0.25, 0.3) is 5.65 Å². The molecule has 5 rings (SSSR count). The molecule has 3 atom stereocenters. The summed E-state index contributed by atoms with van der Waals surface area (Å²) >= 11 is 0. The number of hydrogen-bond acceptors (Lipinski definition) is 10. The van der Waals surface area contributed by atoms with E-state index in [9.17, 15) is 14.7 Å². The van der Waals surface area contributed by atoms with Crippen molar-refractivity contribution in [3.05, 3.63) is 24.0 Å². The first-order chi connectivity index (χ1) is 20.2. The van der Waals surface area contributed by atoms with Crippen molar-refractivity contribution >= 4 is 29.4 Å². The monoisotopic (exact) mass is 583 g/mol. The molecule has 2 aliphatic heterocycles. The van der Waals surface area contributed by atoms with E-state index in [1.807, 2.05) is 35.8 Å². The van der Waals surface area contributed by atoms with Crippen LogP contribution in [0.15, 0.2) is 18.3 Å². The second-order valence-corrected chi connectivity index (χ2v) is 12.3. The number of fused-ring (bicyclic) bond motifs is 1. The number of nitrogens with one attached hydrogen (secondary N) is 2. The summed E-state index contributed by atoms with van der Waals surface area (Å²) in [6.45, 7) is 7.05. The van der Waals surface area contributed by atoms with E-state index in [2.05, 4.69) is 29.5 Å². The van der Waals surface area contributed by atoms with Gasteiger partial charge in [0.1, 0.15) is 6.10 Å². The molecule has 0 radical (unpaired) electrons. The quantitative estimate of drug-likeness (QED) is 0.377.